The Bertz CT molecular complexity index is 482. The zero-order valence-corrected chi connectivity index (χ0v) is 12.7. The lowest BCUT2D eigenvalue weighted by Gasteiger charge is -2.37. The first-order valence-electron chi connectivity index (χ1n) is 7.34. The molecule has 1 N–H and O–H groups in total. The van der Waals surface area contributed by atoms with Crippen molar-refractivity contribution in [3.8, 4) is 0 Å². The van der Waals surface area contributed by atoms with Gasteiger partial charge in [0, 0.05) is 6.42 Å². The van der Waals surface area contributed by atoms with Gasteiger partial charge in [0.1, 0.15) is 0 Å². The highest BCUT2D eigenvalue weighted by molar-refractivity contribution is 5.31. The number of hydrogen-bond donors (Lipinski definition) is 1. The molecule has 0 aliphatic heterocycles. The van der Waals surface area contributed by atoms with Crippen molar-refractivity contribution in [3.05, 3.63) is 46.5 Å². The molecule has 0 bridgehead atoms. The molecular weight excluding hydrogens is 232 g/mol. The summed E-state index contributed by atoms with van der Waals surface area (Å²) in [6.07, 6.45) is 3.98. The molecule has 2 rings (SSSR count). The van der Waals surface area contributed by atoms with E-state index in [-0.39, 0.29) is 11.5 Å². The fourth-order valence-electron chi connectivity index (χ4n) is 3.53. The topological polar surface area (TPSA) is 20.2 Å². The Balaban J connectivity index is 2.24. The summed E-state index contributed by atoms with van der Waals surface area (Å²) in [5.41, 5.74) is 5.36. The minimum atomic E-state index is -0.337. The molecule has 1 atom stereocenters. The molecule has 0 saturated heterocycles. The summed E-state index contributed by atoms with van der Waals surface area (Å²) in [5.74, 6) is 0. The number of aryl methyl sites for hydroxylation is 1. The van der Waals surface area contributed by atoms with Gasteiger partial charge in [-0.3, -0.25) is 0 Å². The highest BCUT2D eigenvalue weighted by Gasteiger charge is 2.32. The molecular formula is C18H26O. The first-order chi connectivity index (χ1) is 8.92. The van der Waals surface area contributed by atoms with Gasteiger partial charge in [-0.25, -0.2) is 0 Å². The van der Waals surface area contributed by atoms with E-state index in [4.69, 9.17) is 0 Å². The van der Waals surface area contributed by atoms with E-state index in [1.54, 1.807) is 0 Å². The summed E-state index contributed by atoms with van der Waals surface area (Å²) in [5, 5.41) is 10.7. The van der Waals surface area contributed by atoms with Gasteiger partial charge in [0.05, 0.1) is 6.10 Å². The van der Waals surface area contributed by atoms with Gasteiger partial charge in [-0.2, -0.15) is 0 Å². The molecule has 1 unspecified atom stereocenters. The predicted octanol–water partition coefficient (Wildman–Crippen LogP) is 4.43. The second-order valence-electron chi connectivity index (χ2n) is 6.58. The van der Waals surface area contributed by atoms with Gasteiger partial charge >= 0.3 is 0 Å². The van der Waals surface area contributed by atoms with E-state index in [0.717, 1.165) is 12.8 Å². The van der Waals surface area contributed by atoms with Crippen molar-refractivity contribution in [2.24, 2.45) is 5.41 Å². The largest absolute Gasteiger partial charge is 0.388 e. The molecule has 104 valence electrons. The van der Waals surface area contributed by atoms with Crippen molar-refractivity contribution in [3.63, 3.8) is 0 Å². The van der Waals surface area contributed by atoms with Gasteiger partial charge in [-0.05, 0) is 55.2 Å². The number of allylic oxidation sites excluding steroid dienone is 1. The highest BCUT2D eigenvalue weighted by atomic mass is 16.3. The van der Waals surface area contributed by atoms with Crippen LogP contribution in [0.2, 0.25) is 0 Å². The first-order valence-corrected chi connectivity index (χ1v) is 7.34. The molecule has 19 heavy (non-hydrogen) atoms. The minimum Gasteiger partial charge on any atom is -0.388 e. The van der Waals surface area contributed by atoms with Crippen LogP contribution in [0.5, 0.6) is 0 Å². The number of aliphatic hydroxyl groups excluding tert-OH is 1. The zero-order chi connectivity index (χ0) is 14.0. The molecule has 1 aliphatic carbocycles. The zero-order valence-electron chi connectivity index (χ0n) is 12.7. The van der Waals surface area contributed by atoms with Crippen molar-refractivity contribution >= 4 is 0 Å². The monoisotopic (exact) mass is 258 g/mol. The van der Waals surface area contributed by atoms with Gasteiger partial charge in [-0.1, -0.05) is 43.7 Å². The van der Waals surface area contributed by atoms with Crippen molar-refractivity contribution in [1.29, 1.82) is 0 Å². The van der Waals surface area contributed by atoms with E-state index >= 15 is 0 Å². The Morgan fingerprint density at radius 2 is 1.89 bits per heavy atom. The molecule has 1 nitrogen and oxygen atoms in total. The quantitative estimate of drug-likeness (QED) is 0.795. The third-order valence-corrected chi connectivity index (χ3v) is 4.55. The standard InChI is InChI=1S/C18H26O/c1-13-8-5-6-10-15(13)12-16(19)17-14(2)9-7-11-18(17,3)4/h5-6,8,10,16,19H,7,9,11-12H2,1-4H3. The van der Waals surface area contributed by atoms with Crippen LogP contribution in [0.1, 0.15) is 51.2 Å². The lowest BCUT2D eigenvalue weighted by atomic mass is 9.70. The summed E-state index contributed by atoms with van der Waals surface area (Å²) < 4.78 is 0. The molecule has 1 heteroatoms. The first kappa shape index (κ1) is 14.3. The summed E-state index contributed by atoms with van der Waals surface area (Å²) >= 11 is 0. The predicted molar refractivity (Wildman–Crippen MR) is 81.2 cm³/mol. The van der Waals surface area contributed by atoms with E-state index in [1.807, 2.05) is 0 Å². The van der Waals surface area contributed by atoms with E-state index < -0.39 is 0 Å². The van der Waals surface area contributed by atoms with Crippen LogP contribution in [0.15, 0.2) is 35.4 Å². The van der Waals surface area contributed by atoms with Gasteiger partial charge in [-0.15, -0.1) is 0 Å². The maximum absolute atomic E-state index is 10.7. The van der Waals surface area contributed by atoms with Crippen LogP contribution in [-0.2, 0) is 6.42 Å². The second kappa shape index (κ2) is 5.50. The normalized spacial score (nSPS) is 20.5. The third kappa shape index (κ3) is 3.09. The summed E-state index contributed by atoms with van der Waals surface area (Å²) in [4.78, 5) is 0. The van der Waals surface area contributed by atoms with Crippen molar-refractivity contribution < 1.29 is 5.11 Å². The lowest BCUT2D eigenvalue weighted by molar-refractivity contribution is 0.168. The summed E-state index contributed by atoms with van der Waals surface area (Å²) in [6, 6.07) is 8.36. The van der Waals surface area contributed by atoms with Crippen LogP contribution in [0.3, 0.4) is 0 Å². The molecule has 0 amide bonds. The Hall–Kier alpha value is -1.08. The number of benzene rings is 1. The molecule has 0 fully saturated rings. The summed E-state index contributed by atoms with van der Waals surface area (Å²) in [7, 11) is 0. The number of hydrogen-bond acceptors (Lipinski definition) is 1. The smallest absolute Gasteiger partial charge is 0.0798 e. The van der Waals surface area contributed by atoms with E-state index in [1.165, 1.54) is 35.1 Å². The average Bonchev–Trinajstić information content (AvgIpc) is 2.30. The van der Waals surface area contributed by atoms with E-state index in [0.29, 0.717) is 0 Å². The fourth-order valence-corrected chi connectivity index (χ4v) is 3.53. The van der Waals surface area contributed by atoms with Crippen molar-refractivity contribution in [1.82, 2.24) is 0 Å². The average molecular weight is 258 g/mol. The molecule has 0 spiro atoms. The molecule has 1 aromatic rings. The van der Waals surface area contributed by atoms with E-state index in [9.17, 15) is 5.11 Å². The van der Waals surface area contributed by atoms with Gasteiger partial charge in [0.15, 0.2) is 0 Å². The number of aliphatic hydroxyl groups is 1. The third-order valence-electron chi connectivity index (χ3n) is 4.55. The Kier molecular flexibility index (Phi) is 4.15. The molecule has 0 heterocycles. The van der Waals surface area contributed by atoms with Gasteiger partial charge in [0.25, 0.3) is 0 Å². The lowest BCUT2D eigenvalue weighted by Crippen LogP contribution is -2.30. The Labute approximate surface area is 117 Å². The maximum atomic E-state index is 10.7. The SMILES string of the molecule is CC1=C(C(O)Cc2ccccc2C)C(C)(C)CCC1. The molecule has 0 radical (unpaired) electrons. The minimum absolute atomic E-state index is 0.143. The van der Waals surface area contributed by atoms with Crippen LogP contribution in [0, 0.1) is 12.3 Å². The molecule has 0 saturated carbocycles. The van der Waals surface area contributed by atoms with Crippen molar-refractivity contribution in [2.75, 3.05) is 0 Å². The molecule has 0 aromatic heterocycles. The second-order valence-corrected chi connectivity index (χ2v) is 6.58. The maximum Gasteiger partial charge on any atom is 0.0798 e. The Morgan fingerprint density at radius 3 is 2.53 bits per heavy atom. The molecule has 1 aromatic carbocycles. The highest BCUT2D eigenvalue weighted by Crippen LogP contribution is 2.42. The van der Waals surface area contributed by atoms with Crippen molar-refractivity contribution in [2.45, 2.75) is 59.5 Å². The Morgan fingerprint density at radius 1 is 1.21 bits per heavy atom. The van der Waals surface area contributed by atoms with Crippen LogP contribution >= 0.6 is 0 Å². The van der Waals surface area contributed by atoms with Crippen LogP contribution in [0.25, 0.3) is 0 Å². The van der Waals surface area contributed by atoms with Crippen LogP contribution in [0.4, 0.5) is 0 Å². The van der Waals surface area contributed by atoms with Gasteiger partial charge in [0.2, 0.25) is 0 Å². The van der Waals surface area contributed by atoms with Crippen LogP contribution in [-0.4, -0.2) is 11.2 Å². The molecule has 1 aliphatic rings. The fraction of sp³-hybridized carbons (Fsp3) is 0.556. The van der Waals surface area contributed by atoms with E-state index in [2.05, 4.69) is 52.0 Å². The van der Waals surface area contributed by atoms with Gasteiger partial charge < -0.3 is 5.11 Å². The van der Waals surface area contributed by atoms with Crippen LogP contribution < -0.4 is 0 Å². The number of rotatable bonds is 3. The summed E-state index contributed by atoms with van der Waals surface area (Å²) in [6.45, 7) is 8.85.